The summed E-state index contributed by atoms with van der Waals surface area (Å²) in [4.78, 5) is 19.6. The summed E-state index contributed by atoms with van der Waals surface area (Å²) >= 11 is 0. The molecule has 11 heavy (non-hydrogen) atoms. The van der Waals surface area contributed by atoms with E-state index in [1.807, 2.05) is 0 Å². The van der Waals surface area contributed by atoms with Crippen LogP contribution in [-0.4, -0.2) is 51.2 Å². The second kappa shape index (κ2) is 8.39. The number of carboxylic acids is 2. The minimum atomic E-state index is -1.29. The van der Waals surface area contributed by atoms with Gasteiger partial charge in [0.25, 0.3) is 0 Å². The van der Waals surface area contributed by atoms with Crippen molar-refractivity contribution in [2.45, 2.75) is 12.5 Å². The van der Waals surface area contributed by atoms with E-state index in [0.29, 0.717) is 0 Å². The molecule has 0 aliphatic rings. The maximum absolute atomic E-state index is 9.85. The molecule has 0 amide bonds. The standard InChI is InChI=1S/C4H7NO4.Mg.Zn/c5-2(4(8)9)1-3(6)7;;/h2H,1,5H2,(H,6,7)(H,8,9);;/q;2*+2. The maximum atomic E-state index is 9.85. The SMILES string of the molecule is NC(CC(=O)O)C(=O)O.[Mg+2].[Zn+2]. The Morgan fingerprint density at radius 2 is 1.73 bits per heavy atom. The van der Waals surface area contributed by atoms with Gasteiger partial charge in [0.1, 0.15) is 6.04 Å². The monoisotopic (exact) mass is 221 g/mol. The molecule has 0 aliphatic carbocycles. The molecule has 0 aliphatic heterocycles. The summed E-state index contributed by atoms with van der Waals surface area (Å²) in [7, 11) is 0. The van der Waals surface area contributed by atoms with Crippen LogP contribution in [0.25, 0.3) is 0 Å². The first-order valence-corrected chi connectivity index (χ1v) is 2.24. The fourth-order valence-corrected chi connectivity index (χ4v) is 0.275. The van der Waals surface area contributed by atoms with Crippen LogP contribution in [0, 0.1) is 0 Å². The molecule has 0 saturated heterocycles. The van der Waals surface area contributed by atoms with Crippen LogP contribution in [-0.2, 0) is 29.1 Å². The molecule has 0 fully saturated rings. The molecule has 0 spiro atoms. The Balaban J connectivity index is -0.000000320. The quantitative estimate of drug-likeness (QED) is 0.504. The zero-order valence-electron chi connectivity index (χ0n) is 5.99. The van der Waals surface area contributed by atoms with Gasteiger partial charge in [-0.3, -0.25) is 9.59 Å². The van der Waals surface area contributed by atoms with Gasteiger partial charge in [0.2, 0.25) is 0 Å². The van der Waals surface area contributed by atoms with Crippen LogP contribution >= 0.6 is 0 Å². The number of aliphatic carboxylic acids is 2. The predicted molar refractivity (Wildman–Crippen MR) is 33.6 cm³/mol. The van der Waals surface area contributed by atoms with Crippen molar-refractivity contribution in [1.82, 2.24) is 0 Å². The van der Waals surface area contributed by atoms with Crippen LogP contribution in [0.15, 0.2) is 0 Å². The molecule has 52 valence electrons. The van der Waals surface area contributed by atoms with Gasteiger partial charge in [0.15, 0.2) is 0 Å². The average molecular weight is 223 g/mol. The van der Waals surface area contributed by atoms with E-state index in [4.69, 9.17) is 15.9 Å². The number of carboxylic acid groups (broad SMARTS) is 2. The van der Waals surface area contributed by atoms with Gasteiger partial charge in [-0.25, -0.2) is 0 Å². The summed E-state index contributed by atoms with van der Waals surface area (Å²) in [6, 6.07) is -1.29. The fraction of sp³-hybridized carbons (Fsp3) is 0.500. The Labute approximate surface area is 92.2 Å². The van der Waals surface area contributed by atoms with E-state index in [0.717, 1.165) is 0 Å². The molecular weight excluding hydrogens is 216 g/mol. The van der Waals surface area contributed by atoms with Crippen molar-refractivity contribution in [2.24, 2.45) is 5.73 Å². The third kappa shape index (κ3) is 10.3. The Morgan fingerprint density at radius 3 is 1.82 bits per heavy atom. The largest absolute Gasteiger partial charge is 2.00 e. The third-order valence-corrected chi connectivity index (χ3v) is 0.712. The van der Waals surface area contributed by atoms with Crippen molar-refractivity contribution in [3.05, 3.63) is 0 Å². The van der Waals surface area contributed by atoms with Gasteiger partial charge in [-0.2, -0.15) is 0 Å². The van der Waals surface area contributed by atoms with Crippen LogP contribution in [0.4, 0.5) is 0 Å². The Morgan fingerprint density at radius 1 is 1.36 bits per heavy atom. The van der Waals surface area contributed by atoms with Gasteiger partial charge in [-0.15, -0.1) is 0 Å². The van der Waals surface area contributed by atoms with Crippen molar-refractivity contribution in [2.75, 3.05) is 0 Å². The Bertz CT molecular complexity index is 142. The van der Waals surface area contributed by atoms with Crippen LogP contribution < -0.4 is 5.73 Å². The van der Waals surface area contributed by atoms with Crippen molar-refractivity contribution >= 4 is 35.0 Å². The van der Waals surface area contributed by atoms with Crippen LogP contribution in [0.1, 0.15) is 6.42 Å². The first-order chi connectivity index (χ1) is 4.04. The number of hydrogen-bond acceptors (Lipinski definition) is 3. The molecule has 0 aromatic heterocycles. The van der Waals surface area contributed by atoms with Crippen molar-refractivity contribution in [3.8, 4) is 0 Å². The summed E-state index contributed by atoms with van der Waals surface area (Å²) in [5, 5.41) is 16.0. The molecule has 0 radical (unpaired) electrons. The molecular formula is C4H7MgNO4Zn+4. The Hall–Kier alpha value is 0.290. The molecule has 0 rings (SSSR count). The van der Waals surface area contributed by atoms with Gasteiger partial charge in [-0.05, 0) is 0 Å². The van der Waals surface area contributed by atoms with Gasteiger partial charge in [0.05, 0.1) is 6.42 Å². The van der Waals surface area contributed by atoms with E-state index in [2.05, 4.69) is 0 Å². The summed E-state index contributed by atoms with van der Waals surface area (Å²) < 4.78 is 0. The van der Waals surface area contributed by atoms with Crippen molar-refractivity contribution in [3.63, 3.8) is 0 Å². The molecule has 0 aromatic rings. The number of hydrogen-bond donors (Lipinski definition) is 3. The zero-order chi connectivity index (χ0) is 7.44. The minimum absolute atomic E-state index is 0. The molecule has 0 heterocycles. The number of nitrogens with two attached hydrogens (primary N) is 1. The average Bonchev–Trinajstić information content (AvgIpc) is 1.63. The molecule has 0 bridgehead atoms. The van der Waals surface area contributed by atoms with Crippen LogP contribution in [0.5, 0.6) is 0 Å². The van der Waals surface area contributed by atoms with E-state index >= 15 is 0 Å². The molecule has 1 atom stereocenters. The number of carbonyl (C=O) groups is 2. The molecule has 4 N–H and O–H groups in total. The van der Waals surface area contributed by atoms with Gasteiger partial charge < -0.3 is 15.9 Å². The summed E-state index contributed by atoms with van der Waals surface area (Å²) in [6.45, 7) is 0. The topological polar surface area (TPSA) is 101 Å². The van der Waals surface area contributed by atoms with Gasteiger partial charge >= 0.3 is 54.5 Å². The van der Waals surface area contributed by atoms with E-state index < -0.39 is 24.4 Å². The molecule has 0 saturated carbocycles. The number of rotatable bonds is 3. The zero-order valence-corrected chi connectivity index (χ0v) is 10.4. The third-order valence-electron chi connectivity index (χ3n) is 0.712. The molecule has 0 aromatic carbocycles. The summed E-state index contributed by atoms with van der Waals surface area (Å²) in [5.74, 6) is -2.50. The molecule has 7 heteroatoms. The fourth-order valence-electron chi connectivity index (χ4n) is 0.275. The Kier molecular flexibility index (Phi) is 13.3. The van der Waals surface area contributed by atoms with E-state index in [1.165, 1.54) is 0 Å². The summed E-state index contributed by atoms with van der Waals surface area (Å²) in [5.41, 5.74) is 4.84. The second-order valence-corrected chi connectivity index (χ2v) is 1.54. The van der Waals surface area contributed by atoms with Crippen LogP contribution in [0.3, 0.4) is 0 Å². The van der Waals surface area contributed by atoms with Gasteiger partial charge in [-0.1, -0.05) is 0 Å². The van der Waals surface area contributed by atoms with E-state index in [-0.39, 0.29) is 42.5 Å². The second-order valence-electron chi connectivity index (χ2n) is 1.54. The molecule has 5 nitrogen and oxygen atoms in total. The van der Waals surface area contributed by atoms with Crippen LogP contribution in [0.2, 0.25) is 0 Å². The van der Waals surface area contributed by atoms with E-state index in [1.54, 1.807) is 0 Å². The summed E-state index contributed by atoms with van der Waals surface area (Å²) in [6.07, 6.45) is -0.532. The first kappa shape index (κ1) is 17.4. The van der Waals surface area contributed by atoms with Crippen molar-refractivity contribution in [1.29, 1.82) is 0 Å². The smallest absolute Gasteiger partial charge is 0.481 e. The molecule has 1 unspecified atom stereocenters. The first-order valence-electron chi connectivity index (χ1n) is 2.24. The predicted octanol–water partition coefficient (Wildman–Crippen LogP) is -1.51. The van der Waals surface area contributed by atoms with Gasteiger partial charge in [0, 0.05) is 0 Å². The normalized spacial score (nSPS) is 10.3. The van der Waals surface area contributed by atoms with E-state index in [9.17, 15) is 9.59 Å². The van der Waals surface area contributed by atoms with Crippen molar-refractivity contribution < 1.29 is 39.3 Å². The maximum Gasteiger partial charge on any atom is 2.00 e. The minimum Gasteiger partial charge on any atom is -0.481 e.